The minimum Gasteiger partial charge on any atom is -0.744 e. The highest BCUT2D eigenvalue weighted by Gasteiger charge is 2.61. The quantitative estimate of drug-likeness (QED) is 0.0463. The zero-order chi connectivity index (χ0) is 87.3. The van der Waals surface area contributed by atoms with Gasteiger partial charge >= 0.3 is 0 Å². The number of hydrogen-bond donors (Lipinski definition) is 22. The first-order valence-electron chi connectivity index (χ1n) is 37.9. The fourth-order valence-electron chi connectivity index (χ4n) is 14.8. The number of pyridine rings is 2. The van der Waals surface area contributed by atoms with Gasteiger partial charge in [-0.1, -0.05) is 47.5 Å². The largest absolute Gasteiger partial charge is 0.744 e. The molecule has 0 aliphatic carbocycles. The van der Waals surface area contributed by atoms with Crippen LogP contribution in [0.3, 0.4) is 0 Å². The molecule has 0 unspecified atom stereocenters. The minimum atomic E-state index is -4.27. The Morgan fingerprint density at radius 3 is 0.567 bits per heavy atom. The number of ether oxygens (including phenoxy) is 16. The summed E-state index contributed by atoms with van der Waals surface area (Å²) in [6, 6.07) is 21.4. The molecule has 48 heteroatoms. The van der Waals surface area contributed by atoms with Crippen LogP contribution in [0.4, 0.5) is 0 Å². The predicted molar refractivity (Wildman–Crippen MR) is 378 cm³/mol. The van der Waals surface area contributed by atoms with Crippen molar-refractivity contribution in [2.24, 2.45) is 0 Å². The smallest absolute Gasteiger partial charge is 0.187 e. The Kier molecular flexibility index (Phi) is 33.2. The molecule has 2 aromatic carbocycles. The van der Waals surface area contributed by atoms with Crippen molar-refractivity contribution in [2.75, 3.05) is 39.6 Å². The summed E-state index contributed by atoms with van der Waals surface area (Å²) in [4.78, 5) is -0.355. The molecular formula is C72H102N2O44S2. The van der Waals surface area contributed by atoms with Gasteiger partial charge in [-0.25, -0.2) is 26.0 Å². The van der Waals surface area contributed by atoms with Gasteiger partial charge in [0.25, 0.3) is 0 Å². The van der Waals surface area contributed by atoms with Crippen LogP contribution in [0.25, 0.3) is 0 Å². The first kappa shape index (κ1) is 95.7. The summed E-state index contributed by atoms with van der Waals surface area (Å²) < 4.78 is 160. The summed E-state index contributed by atoms with van der Waals surface area (Å²) >= 11 is 0. The van der Waals surface area contributed by atoms with Gasteiger partial charge in [0, 0.05) is 24.3 Å². The summed E-state index contributed by atoms with van der Waals surface area (Å²) in [5, 5.41) is 250. The molecule has 40 atom stereocenters. The van der Waals surface area contributed by atoms with Crippen molar-refractivity contribution in [3.05, 3.63) is 121 Å². The second-order valence-corrected chi connectivity index (χ2v) is 32.5. The van der Waals surface area contributed by atoms with Gasteiger partial charge in [-0.05, 0) is 38.1 Å². The molecule has 34 rings (SSSR count). The molecule has 0 saturated carbocycles. The van der Waals surface area contributed by atoms with Crippen LogP contribution >= 0.6 is 0 Å². The lowest BCUT2D eigenvalue weighted by molar-refractivity contribution is -0.709. The van der Waals surface area contributed by atoms with E-state index in [1.54, 1.807) is 94.6 Å². The van der Waals surface area contributed by atoms with Crippen LogP contribution in [0, 0.1) is 13.8 Å². The maximum absolute atomic E-state index is 12.1. The van der Waals surface area contributed by atoms with E-state index in [0.717, 1.165) is 11.1 Å². The van der Waals surface area contributed by atoms with E-state index in [1.165, 1.54) is 24.3 Å². The molecule has 46 nitrogen and oxygen atoms in total. The number of hydrogen-bond acceptors (Lipinski definition) is 44. The van der Waals surface area contributed by atoms with E-state index in [2.05, 4.69) is 0 Å². The monoisotopic (exact) mass is 1760 g/mol. The Hall–Kier alpha value is -4.96. The van der Waals surface area contributed by atoms with Crippen molar-refractivity contribution in [2.45, 2.75) is 282 Å². The van der Waals surface area contributed by atoms with Gasteiger partial charge in [-0.3, -0.25) is 0 Å². The summed E-state index contributed by atoms with van der Waals surface area (Å²) in [7, 11) is -8.54. The molecule has 30 aliphatic heterocycles. The summed E-state index contributed by atoms with van der Waals surface area (Å²) in [5.41, 5.74) is 1.86. The van der Waals surface area contributed by atoms with Gasteiger partial charge in [0.2, 0.25) is 0 Å². The molecule has 30 saturated heterocycles. The van der Waals surface area contributed by atoms with E-state index in [1.807, 2.05) is 13.8 Å². The summed E-state index contributed by atoms with van der Waals surface area (Å²) in [6.45, 7) is -3.21. The Morgan fingerprint density at radius 2 is 0.408 bits per heavy atom. The number of aryl methyl sites for hydroxylation is 2. The number of aromatic nitrogens is 2. The second kappa shape index (κ2) is 41.7. The van der Waals surface area contributed by atoms with E-state index in [-0.39, 0.29) is 22.9 Å². The zero-order valence-corrected chi connectivity index (χ0v) is 65.3. The average Bonchev–Trinajstić information content (AvgIpc) is 0.774. The molecule has 2 aromatic heterocycles. The van der Waals surface area contributed by atoms with Crippen molar-refractivity contribution in [1.82, 2.24) is 0 Å². The highest BCUT2D eigenvalue weighted by Crippen LogP contribution is 2.40. The summed E-state index contributed by atoms with van der Waals surface area (Å²) in [6.07, 6.45) is -73.5. The van der Waals surface area contributed by atoms with E-state index in [9.17, 15) is 138 Å². The average molecular weight is 1760 g/mol. The Balaban J connectivity index is 0.000000554. The van der Waals surface area contributed by atoms with Crippen molar-refractivity contribution >= 4 is 20.2 Å². The van der Waals surface area contributed by atoms with Crippen LogP contribution in [-0.2, 0) is 109 Å². The normalized spacial score (nSPS) is 43.6. The van der Waals surface area contributed by atoms with Crippen molar-refractivity contribution < 1.29 is 223 Å². The maximum Gasteiger partial charge on any atom is 0.187 e. The highest BCUT2D eigenvalue weighted by molar-refractivity contribution is 7.86. The molecule has 30 fully saturated rings. The van der Waals surface area contributed by atoms with Crippen LogP contribution in [0.2, 0.25) is 0 Å². The number of nitrogens with zero attached hydrogens (tertiary/aromatic N) is 2. The fourth-order valence-corrected chi connectivity index (χ4v) is 15.8. The molecule has 4 aromatic rings. The molecule has 676 valence electrons. The van der Waals surface area contributed by atoms with Gasteiger partial charge in [0.15, 0.2) is 88.2 Å². The third kappa shape index (κ3) is 21.8. The molecule has 16 bridgehead atoms. The van der Waals surface area contributed by atoms with Crippen LogP contribution in [0.5, 0.6) is 0 Å². The lowest BCUT2D eigenvalue weighted by atomic mass is 9.94. The maximum atomic E-state index is 12.1. The molecule has 22 N–H and O–H groups in total. The molecule has 0 spiro atoms. The van der Waals surface area contributed by atoms with Crippen molar-refractivity contribution in [3.63, 3.8) is 0 Å². The molecular weight excluding hydrogens is 1660 g/mol. The van der Waals surface area contributed by atoms with Crippen molar-refractivity contribution in [1.29, 1.82) is 0 Å². The van der Waals surface area contributed by atoms with Gasteiger partial charge < -0.3 is 197 Å². The molecule has 30 aliphatic rings. The molecule has 32 heterocycles. The lowest BCUT2D eigenvalue weighted by Gasteiger charge is -2.50. The van der Waals surface area contributed by atoms with Crippen molar-refractivity contribution in [3.8, 4) is 0 Å². The van der Waals surface area contributed by atoms with E-state index >= 15 is 0 Å². The third-order valence-electron chi connectivity index (χ3n) is 21.5. The van der Waals surface area contributed by atoms with Crippen LogP contribution in [0.15, 0.2) is 120 Å². The fraction of sp³-hybridized carbons (Fsp3) is 0.694. The van der Waals surface area contributed by atoms with Gasteiger partial charge in [0.05, 0.1) is 49.4 Å². The van der Waals surface area contributed by atoms with E-state index < -0.39 is 306 Å². The van der Waals surface area contributed by atoms with Gasteiger partial charge in [-0.15, -0.1) is 0 Å². The molecule has 0 amide bonds. The van der Waals surface area contributed by atoms with Crippen LogP contribution in [-0.4, -0.2) is 424 Å². The molecule has 0 radical (unpaired) electrons. The van der Waals surface area contributed by atoms with Crippen LogP contribution < -0.4 is 9.13 Å². The minimum absolute atomic E-state index is 0.178. The number of rotatable bonds is 12. The van der Waals surface area contributed by atoms with E-state index in [4.69, 9.17) is 75.8 Å². The first-order chi connectivity index (χ1) is 56.9. The Morgan fingerprint density at radius 1 is 0.250 bits per heavy atom. The highest BCUT2D eigenvalue weighted by atomic mass is 32.2. The topological polar surface area (TPSA) is 715 Å². The number of aliphatic hydroxyl groups excluding tert-OH is 22. The number of benzene rings is 2. The third-order valence-corrected chi connectivity index (χ3v) is 23.2. The summed E-state index contributed by atoms with van der Waals surface area (Å²) in [5.74, 6) is 0. The Labute approximate surface area is 683 Å². The lowest BCUT2D eigenvalue weighted by Crippen LogP contribution is -2.69. The Bertz CT molecular complexity index is 3910. The standard InChI is InChI=1S/C58H88N2O38.2C7H8O3S/c61-13-21-45-30(70)38(78)54(86-21)95-47-23(15-63)88-56(40(80)32(47)72)97-49-25(17-65)90-58(42(82)34(49)74)98-50-26(18-66)89-57(41(81)33(50)73)96-48-24(16-64)87-55(39(79)31(48)71)94-46-22(14-62)85-53(37(77)29(46)69)92-44-20(12-60-9-5-2-6-10-60)83-51(35(75)27(44)67)91-43-19(11-59-7-3-1-4-8-59)84-52(93-45)36(76)28(43)68;2*1-6-2-4-7(5-3-6)11(8,9)10/h1-10,19-58,61-82H,11-18H2;2*2-5H,1H3,(H,8,9,10)/q+2;;/p-2/t19-,20-,21-,22-,23-,24-,25-,26-,27-,28-,29-,30-,31-,32-,33-,34-,35-,36-,37-,38-,39-,40-,41-,42-,43-,44-,45-,46-,47-,48-,49-,50-,51-,52-,53-,54-,55-,56-,57-,58-;;/m1../s1. The first-order valence-corrected chi connectivity index (χ1v) is 40.7. The van der Waals surface area contributed by atoms with Gasteiger partial charge in [-0.2, -0.15) is 0 Å². The molecule has 120 heavy (non-hydrogen) atoms. The second-order valence-electron chi connectivity index (χ2n) is 29.8. The number of aliphatic hydroxyl groups is 22. The zero-order valence-electron chi connectivity index (χ0n) is 63.7. The van der Waals surface area contributed by atoms with Gasteiger partial charge in [0.1, 0.15) is 216 Å². The predicted octanol–water partition coefficient (Wildman–Crippen LogP) is -13.6. The van der Waals surface area contributed by atoms with Crippen LogP contribution in [0.1, 0.15) is 11.1 Å². The SMILES string of the molecule is Cc1ccc(S(=O)(=O)[O-])cc1.Cc1ccc(S(=O)(=O)[O-])cc1.OC[C@H]1O[C@@H]2O[C@H]3[C@H](O)[C@@H](O)[C@@H](O[C@H]4[C@H](O)[C@@H](O)[C@@H](O[C@H]5[C@H](O)[C@@H](O)[C@@H](O[C@H]6[C@H](O)[C@@H](O)[C@@H](O[C@H]7[C@H](O)[C@@H](O)[C@@H](O[C@H]8[C@H](O)[C@@H](O)[C@@H](O[C@H]9[C@H](O)[C@@H](O)[C@@H](O[C@H]1[C@H](O)[C@H]2O)O[C@@H]9CO)O[C@@H]8CO)O[C@@H]7CO)O[C@@H]6C[n+]1ccccc1)O[C@@H]5C[n+]1ccccc1)O[C@@H]4CO)O[C@@H]3CO. The van der Waals surface area contributed by atoms with E-state index in [0.29, 0.717) is 0 Å².